The van der Waals surface area contributed by atoms with E-state index in [4.69, 9.17) is 5.11 Å². The van der Waals surface area contributed by atoms with Crippen molar-refractivity contribution in [2.24, 2.45) is 0 Å². The second kappa shape index (κ2) is 16.5. The van der Waals surface area contributed by atoms with Gasteiger partial charge in [-0.1, -0.05) is 36.4 Å². The number of benzene rings is 2. The maximum Gasteiger partial charge on any atom is 0.359 e. The van der Waals surface area contributed by atoms with Crippen LogP contribution in [0, 0.1) is 0 Å². The molecule has 0 aliphatic carbocycles. The molecule has 0 heterocycles. The van der Waals surface area contributed by atoms with E-state index in [0.717, 1.165) is 5.39 Å². The summed E-state index contributed by atoms with van der Waals surface area (Å²) in [6.45, 7) is -3.48. The van der Waals surface area contributed by atoms with Crippen molar-refractivity contribution in [2.45, 2.75) is 4.90 Å². The molecule has 0 radical (unpaired) electrons. The molecule has 236 valence electrons. The number of fused-ring (bicyclic) bond motifs is 1. The first-order chi connectivity index (χ1) is 20.2. The van der Waals surface area contributed by atoms with Crippen LogP contribution in [0.25, 0.3) is 10.8 Å². The Kier molecular flexibility index (Phi) is 13.4. The SMILES string of the molecule is O=C(O)CNCC[N+](CCN(CC(=O)O)CC(=O)NCCNS(=O)(=O)c1cccc2ccccc12)(CC(=O)O)CC(=O)O. The zero-order chi connectivity index (χ0) is 32.0. The number of hydrogen-bond acceptors (Lipinski definition) is 9. The summed E-state index contributed by atoms with van der Waals surface area (Å²) in [5.74, 6) is -5.70. The smallest absolute Gasteiger partial charge is 0.359 e. The predicted octanol–water partition coefficient (Wildman–Crippen LogP) is -1.72. The number of aliphatic carboxylic acids is 4. The van der Waals surface area contributed by atoms with E-state index in [0.29, 0.717) is 5.39 Å². The quantitative estimate of drug-likeness (QED) is 0.0604. The Morgan fingerprint density at radius 3 is 2.02 bits per heavy atom. The fourth-order valence-corrected chi connectivity index (χ4v) is 5.74. The molecule has 0 aromatic heterocycles. The van der Waals surface area contributed by atoms with Gasteiger partial charge in [-0.3, -0.25) is 19.3 Å². The monoisotopic (exact) mass is 626 g/mol. The summed E-state index contributed by atoms with van der Waals surface area (Å²) < 4.78 is 27.5. The van der Waals surface area contributed by atoms with Crippen LogP contribution in [-0.2, 0) is 34.0 Å². The number of amides is 1. The van der Waals surface area contributed by atoms with Gasteiger partial charge >= 0.3 is 23.9 Å². The standard InChI is InChI=1S/C26H35N5O11S/c32-22(28-8-9-29-43(41,42)21-7-3-5-19-4-1-2-6-20(19)21)15-30(16-24(35)36)11-13-31(17-25(37)38,18-26(39)40)12-10-27-14-23(33)34/h1-7,27,29H,8-18H2,(H4-,28,32,33,34,35,36,37,38,39,40)/p+1. The Bertz CT molecular complexity index is 1400. The summed E-state index contributed by atoms with van der Waals surface area (Å²) in [6.07, 6.45) is 0. The number of carboxylic acids is 4. The van der Waals surface area contributed by atoms with E-state index in [-0.39, 0.29) is 44.2 Å². The summed E-state index contributed by atoms with van der Waals surface area (Å²) in [5.41, 5.74) is 0. The van der Waals surface area contributed by atoms with Crippen LogP contribution in [0.15, 0.2) is 47.4 Å². The third kappa shape index (κ3) is 12.3. The number of quaternary nitrogens is 1. The maximum atomic E-state index is 12.8. The van der Waals surface area contributed by atoms with Crippen molar-refractivity contribution in [2.75, 3.05) is 72.0 Å². The number of sulfonamides is 1. The number of carboxylic acid groups (broad SMARTS) is 4. The number of hydrogen-bond donors (Lipinski definition) is 7. The number of rotatable bonds is 21. The zero-order valence-electron chi connectivity index (χ0n) is 23.3. The highest BCUT2D eigenvalue weighted by Gasteiger charge is 2.34. The molecule has 2 aromatic rings. The Labute approximate surface area is 247 Å². The first kappa shape index (κ1) is 35.0. The van der Waals surface area contributed by atoms with Crippen molar-refractivity contribution in [3.8, 4) is 0 Å². The summed E-state index contributed by atoms with van der Waals surface area (Å²) in [5, 5.41) is 43.3. The highest BCUT2D eigenvalue weighted by atomic mass is 32.2. The minimum Gasteiger partial charge on any atom is -0.480 e. The van der Waals surface area contributed by atoms with Gasteiger partial charge in [0.2, 0.25) is 15.9 Å². The van der Waals surface area contributed by atoms with Gasteiger partial charge in [0.15, 0.2) is 13.1 Å². The number of nitrogens with zero attached hydrogens (tertiary/aromatic N) is 2. The molecule has 0 aliphatic heterocycles. The molecule has 43 heavy (non-hydrogen) atoms. The molecule has 0 unspecified atom stereocenters. The molecular weight excluding hydrogens is 590 g/mol. The lowest BCUT2D eigenvalue weighted by atomic mass is 10.1. The van der Waals surface area contributed by atoms with Crippen LogP contribution in [-0.4, -0.2) is 140 Å². The molecule has 0 fully saturated rings. The number of carbonyl (C=O) groups excluding carboxylic acids is 1. The molecule has 0 saturated heterocycles. The fraction of sp³-hybridized carbons (Fsp3) is 0.423. The Hall–Kier alpha value is -4.16. The molecule has 7 N–H and O–H groups in total. The van der Waals surface area contributed by atoms with Crippen LogP contribution in [0.1, 0.15) is 0 Å². The van der Waals surface area contributed by atoms with Crippen molar-refractivity contribution in [3.05, 3.63) is 42.5 Å². The van der Waals surface area contributed by atoms with Crippen LogP contribution in [0.5, 0.6) is 0 Å². The second-order valence-corrected chi connectivity index (χ2v) is 11.5. The maximum absolute atomic E-state index is 12.8. The molecule has 2 rings (SSSR count). The van der Waals surface area contributed by atoms with Gasteiger partial charge in [-0.05, 0) is 11.5 Å². The van der Waals surface area contributed by atoms with E-state index >= 15 is 0 Å². The fourth-order valence-electron chi connectivity index (χ4n) is 4.48. The van der Waals surface area contributed by atoms with Crippen molar-refractivity contribution in [1.82, 2.24) is 20.3 Å². The van der Waals surface area contributed by atoms with Crippen molar-refractivity contribution in [3.63, 3.8) is 0 Å². The number of carbonyl (C=O) groups is 5. The minimum absolute atomic E-state index is 0.0268. The van der Waals surface area contributed by atoms with Gasteiger partial charge in [0.25, 0.3) is 0 Å². The van der Waals surface area contributed by atoms with E-state index < -0.39 is 77.0 Å². The lowest BCUT2D eigenvalue weighted by Gasteiger charge is -2.37. The van der Waals surface area contributed by atoms with Crippen LogP contribution in [0.3, 0.4) is 0 Å². The minimum atomic E-state index is -3.91. The highest BCUT2D eigenvalue weighted by molar-refractivity contribution is 7.89. The van der Waals surface area contributed by atoms with Gasteiger partial charge < -0.3 is 35.5 Å². The first-order valence-corrected chi connectivity index (χ1v) is 14.6. The highest BCUT2D eigenvalue weighted by Crippen LogP contribution is 2.22. The van der Waals surface area contributed by atoms with Crippen LogP contribution in [0.2, 0.25) is 0 Å². The molecular formula is C26H36N5O11S+. The Morgan fingerprint density at radius 1 is 0.744 bits per heavy atom. The third-order valence-corrected chi connectivity index (χ3v) is 7.89. The van der Waals surface area contributed by atoms with Crippen molar-refractivity contribution in [1.29, 1.82) is 0 Å². The van der Waals surface area contributed by atoms with Gasteiger partial charge in [-0.15, -0.1) is 0 Å². The average molecular weight is 627 g/mol. The van der Waals surface area contributed by atoms with E-state index in [1.54, 1.807) is 36.4 Å². The molecule has 0 aliphatic rings. The normalized spacial score (nSPS) is 11.8. The molecule has 16 nitrogen and oxygen atoms in total. The summed E-state index contributed by atoms with van der Waals surface area (Å²) in [7, 11) is -3.91. The predicted molar refractivity (Wildman–Crippen MR) is 152 cm³/mol. The molecule has 0 bridgehead atoms. The molecule has 1 amide bonds. The van der Waals surface area contributed by atoms with Gasteiger partial charge in [-0.2, -0.15) is 0 Å². The van der Waals surface area contributed by atoms with E-state index in [2.05, 4.69) is 15.4 Å². The topological polar surface area (TPSA) is 240 Å². The molecule has 0 atom stereocenters. The molecule has 17 heteroatoms. The molecule has 0 saturated carbocycles. The summed E-state index contributed by atoms with van der Waals surface area (Å²) in [4.78, 5) is 59.2. The van der Waals surface area contributed by atoms with Gasteiger partial charge in [0.05, 0.1) is 37.6 Å². The van der Waals surface area contributed by atoms with E-state index in [9.17, 15) is 47.7 Å². The van der Waals surface area contributed by atoms with Crippen LogP contribution < -0.4 is 15.4 Å². The lowest BCUT2D eigenvalue weighted by molar-refractivity contribution is -0.912. The number of nitrogens with one attached hydrogen (secondary N) is 3. The Balaban J connectivity index is 2.00. The van der Waals surface area contributed by atoms with Gasteiger partial charge in [0.1, 0.15) is 0 Å². The second-order valence-electron chi connectivity index (χ2n) is 9.79. The Morgan fingerprint density at radius 2 is 1.40 bits per heavy atom. The van der Waals surface area contributed by atoms with Gasteiger partial charge in [0, 0.05) is 31.6 Å². The lowest BCUT2D eigenvalue weighted by Crippen LogP contribution is -2.59. The third-order valence-electron chi connectivity index (χ3n) is 6.38. The molecule has 2 aromatic carbocycles. The summed E-state index contributed by atoms with van der Waals surface area (Å²) >= 11 is 0. The van der Waals surface area contributed by atoms with Crippen molar-refractivity contribution >= 4 is 50.6 Å². The largest absolute Gasteiger partial charge is 0.480 e. The zero-order valence-corrected chi connectivity index (χ0v) is 24.1. The van der Waals surface area contributed by atoms with Crippen molar-refractivity contribution < 1.29 is 57.3 Å². The van der Waals surface area contributed by atoms with Crippen LogP contribution >= 0.6 is 0 Å². The van der Waals surface area contributed by atoms with Gasteiger partial charge in [-0.25, -0.2) is 22.7 Å². The summed E-state index contributed by atoms with van der Waals surface area (Å²) in [6, 6.07) is 11.8. The first-order valence-electron chi connectivity index (χ1n) is 13.1. The van der Waals surface area contributed by atoms with E-state index in [1.165, 1.54) is 11.0 Å². The van der Waals surface area contributed by atoms with Crippen LogP contribution in [0.4, 0.5) is 0 Å². The average Bonchev–Trinajstić information content (AvgIpc) is 2.91. The van der Waals surface area contributed by atoms with E-state index in [1.807, 2.05) is 0 Å². The molecule has 0 spiro atoms.